The van der Waals surface area contributed by atoms with Crippen LogP contribution in [0.3, 0.4) is 0 Å². The average molecular weight is 517 g/mol. The van der Waals surface area contributed by atoms with Gasteiger partial charge in [0.25, 0.3) is 0 Å². The van der Waals surface area contributed by atoms with Gasteiger partial charge in [0.2, 0.25) is 0 Å². The topological polar surface area (TPSA) is 202 Å². The Morgan fingerprint density at radius 3 is 2.54 bits per heavy atom. The van der Waals surface area contributed by atoms with E-state index in [4.69, 9.17) is 16.2 Å². The van der Waals surface area contributed by atoms with Gasteiger partial charge in [-0.3, -0.25) is 4.79 Å². The fourth-order valence-electron chi connectivity index (χ4n) is 7.54. The van der Waals surface area contributed by atoms with Crippen molar-refractivity contribution in [1.29, 1.82) is 0 Å². The van der Waals surface area contributed by atoms with E-state index in [0.717, 1.165) is 18.4 Å². The largest absolute Gasteiger partial charge is 0.460 e. The Balaban J connectivity index is 1.66. The molecular formula is C25H36N6O6. The second-order valence-corrected chi connectivity index (χ2v) is 11.0. The highest BCUT2D eigenvalue weighted by atomic mass is 16.5. The van der Waals surface area contributed by atoms with Crippen molar-refractivity contribution in [3.8, 4) is 0 Å². The van der Waals surface area contributed by atoms with Gasteiger partial charge in [0.05, 0.1) is 11.8 Å². The Morgan fingerprint density at radius 1 is 1.19 bits per heavy atom. The van der Waals surface area contributed by atoms with E-state index in [1.807, 2.05) is 25.2 Å². The van der Waals surface area contributed by atoms with Crippen LogP contribution < -0.4 is 22.3 Å². The predicted octanol–water partition coefficient (Wildman–Crippen LogP) is 1.04. The molecule has 0 aromatic rings. The first-order valence-electron chi connectivity index (χ1n) is 12.5. The summed E-state index contributed by atoms with van der Waals surface area (Å²) in [7, 11) is 0. The summed E-state index contributed by atoms with van der Waals surface area (Å²) in [5.41, 5.74) is 13.9. The number of esters is 1. The lowest BCUT2D eigenvalue weighted by Crippen LogP contribution is -2.62. The number of nitrogens with one attached hydrogen (secondary N) is 2. The number of hydrazone groups is 2. The van der Waals surface area contributed by atoms with E-state index in [1.165, 1.54) is 6.92 Å². The molecule has 0 spiro atoms. The minimum absolute atomic E-state index is 0.0559. The first-order valence-corrected chi connectivity index (χ1v) is 12.5. The number of carbonyl (C=O) groups excluding carboxylic acids is 3. The van der Waals surface area contributed by atoms with Crippen molar-refractivity contribution >= 4 is 29.5 Å². The molecule has 0 heterocycles. The normalized spacial score (nSPS) is 39.6. The van der Waals surface area contributed by atoms with E-state index in [1.54, 1.807) is 0 Å². The summed E-state index contributed by atoms with van der Waals surface area (Å²) in [5.74, 6) is -0.472. The summed E-state index contributed by atoms with van der Waals surface area (Å²) in [6.07, 6.45) is 7.97. The number of fused-ring (bicyclic) bond motifs is 5. The molecule has 0 aromatic heterocycles. The molecule has 8 N–H and O–H groups in total. The third kappa shape index (κ3) is 4.52. The van der Waals surface area contributed by atoms with Gasteiger partial charge in [-0.05, 0) is 56.1 Å². The molecule has 0 aromatic carbocycles. The molecule has 4 aliphatic rings. The molecule has 0 bridgehead atoms. The van der Waals surface area contributed by atoms with E-state index in [9.17, 15) is 24.6 Å². The first kappa shape index (κ1) is 26.8. The summed E-state index contributed by atoms with van der Waals surface area (Å²) in [6, 6.07) is -1.64. The number of nitrogens with zero attached hydrogens (tertiary/aromatic N) is 2. The standard InChI is InChI=1S/C25H36N6O6/c1-13(32)37-12-19(29-31-22(27)35)25(36)9-7-17-16-5-4-14-10-15(28-30-21(26)34)6-8-23(14,2)20(16)18(33)11-24(17,25)3/h6,8,10,16-18,20,33,36H,4-5,7,9,11-12H2,1-3H3,(H3,26,30,34)(H3,27,31,35)/b28-15+,29-19?/t16-,17-,18-,20+,23-,24-,25-/m0/s1. The number of aliphatic hydroxyl groups is 2. The highest BCUT2D eigenvalue weighted by Gasteiger charge is 2.67. The van der Waals surface area contributed by atoms with Crippen molar-refractivity contribution in [3.05, 3.63) is 23.8 Å². The van der Waals surface area contributed by atoms with Gasteiger partial charge in [0.1, 0.15) is 17.9 Å². The average Bonchev–Trinajstić information content (AvgIpc) is 3.07. The first-order chi connectivity index (χ1) is 17.3. The van der Waals surface area contributed by atoms with Gasteiger partial charge in [0, 0.05) is 23.7 Å². The Morgan fingerprint density at radius 2 is 1.89 bits per heavy atom. The van der Waals surface area contributed by atoms with Gasteiger partial charge < -0.3 is 26.4 Å². The second kappa shape index (κ2) is 9.56. The van der Waals surface area contributed by atoms with Gasteiger partial charge in [-0.15, -0.1) is 0 Å². The highest BCUT2D eigenvalue weighted by molar-refractivity contribution is 6.06. The monoisotopic (exact) mass is 516 g/mol. The molecule has 202 valence electrons. The summed E-state index contributed by atoms with van der Waals surface area (Å²) in [4.78, 5) is 33.9. The van der Waals surface area contributed by atoms with Gasteiger partial charge >= 0.3 is 18.0 Å². The highest BCUT2D eigenvalue weighted by Crippen LogP contribution is 2.67. The lowest BCUT2D eigenvalue weighted by atomic mass is 9.46. The Labute approximate surface area is 215 Å². The predicted molar refractivity (Wildman–Crippen MR) is 135 cm³/mol. The third-order valence-corrected chi connectivity index (χ3v) is 9.15. The number of rotatable bonds is 5. The quantitative estimate of drug-likeness (QED) is 0.179. The van der Waals surface area contributed by atoms with E-state index in [0.29, 0.717) is 25.0 Å². The molecule has 3 saturated carbocycles. The van der Waals surface area contributed by atoms with E-state index in [-0.39, 0.29) is 30.1 Å². The molecule has 7 atom stereocenters. The summed E-state index contributed by atoms with van der Waals surface area (Å²) >= 11 is 0. The van der Waals surface area contributed by atoms with Crippen LogP contribution in [0.25, 0.3) is 0 Å². The van der Waals surface area contributed by atoms with Gasteiger partial charge in [-0.2, -0.15) is 10.2 Å². The van der Waals surface area contributed by atoms with Crippen molar-refractivity contribution in [2.75, 3.05) is 6.61 Å². The van der Waals surface area contributed by atoms with Crippen LogP contribution in [0.4, 0.5) is 9.59 Å². The van der Waals surface area contributed by atoms with Crippen molar-refractivity contribution in [3.63, 3.8) is 0 Å². The second-order valence-electron chi connectivity index (χ2n) is 11.0. The SMILES string of the molecule is CC(=O)OCC(=NNC(N)=O)[C@@]1(O)CC[C@H]2[C@@H]3CCC4=C/C(=N/NC(N)=O)C=C[C@]4(C)[C@H]3[C@@H](O)C[C@@]21C. The third-order valence-electron chi connectivity index (χ3n) is 9.15. The Kier molecular flexibility index (Phi) is 6.93. The van der Waals surface area contributed by atoms with E-state index in [2.05, 4.69) is 28.0 Å². The molecule has 4 rings (SSSR count). The van der Waals surface area contributed by atoms with Crippen LogP contribution in [0.2, 0.25) is 0 Å². The maximum Gasteiger partial charge on any atom is 0.332 e. The van der Waals surface area contributed by atoms with Crippen molar-refractivity contribution < 1.29 is 29.3 Å². The summed E-state index contributed by atoms with van der Waals surface area (Å²) in [6.45, 7) is 5.01. The molecule has 0 unspecified atom stereocenters. The number of hydrogen-bond acceptors (Lipinski definition) is 8. The van der Waals surface area contributed by atoms with Crippen LogP contribution in [-0.2, 0) is 9.53 Å². The maximum atomic E-state index is 12.1. The molecule has 12 heteroatoms. The fraction of sp³-hybridized carbons (Fsp3) is 0.640. The molecule has 4 aliphatic carbocycles. The lowest BCUT2D eigenvalue weighted by Gasteiger charge is -2.60. The molecule has 0 aliphatic heterocycles. The zero-order chi connectivity index (χ0) is 27.2. The smallest absolute Gasteiger partial charge is 0.332 e. The summed E-state index contributed by atoms with van der Waals surface area (Å²) in [5, 5.41) is 31.8. The molecule has 12 nitrogen and oxygen atoms in total. The molecule has 3 fully saturated rings. The van der Waals surface area contributed by atoms with Gasteiger partial charge in [-0.25, -0.2) is 20.4 Å². The Bertz CT molecular complexity index is 1120. The van der Waals surface area contributed by atoms with E-state index >= 15 is 0 Å². The number of aliphatic hydroxyl groups excluding tert-OH is 1. The number of nitrogens with two attached hydrogens (primary N) is 2. The van der Waals surface area contributed by atoms with Crippen LogP contribution in [-0.4, -0.2) is 58.0 Å². The number of ether oxygens (including phenoxy) is 1. The van der Waals surface area contributed by atoms with Crippen molar-refractivity contribution in [2.24, 2.45) is 50.3 Å². The van der Waals surface area contributed by atoms with Crippen molar-refractivity contribution in [2.45, 2.75) is 64.6 Å². The molecule has 0 radical (unpaired) electrons. The molecule has 0 saturated heterocycles. The Hall–Kier alpha value is -3.25. The number of allylic oxidation sites excluding steroid dienone is 4. The van der Waals surface area contributed by atoms with Gasteiger partial charge in [-0.1, -0.05) is 25.5 Å². The van der Waals surface area contributed by atoms with Crippen LogP contribution in [0.15, 0.2) is 34.0 Å². The molecule has 37 heavy (non-hydrogen) atoms. The molecular weight excluding hydrogens is 480 g/mol. The zero-order valence-corrected chi connectivity index (χ0v) is 21.4. The van der Waals surface area contributed by atoms with Crippen LogP contribution in [0, 0.1) is 28.6 Å². The van der Waals surface area contributed by atoms with Gasteiger partial charge in [0.15, 0.2) is 0 Å². The number of hydrogen-bond donors (Lipinski definition) is 6. The number of urea groups is 2. The number of amides is 4. The number of primary amides is 2. The van der Waals surface area contributed by atoms with Crippen LogP contribution >= 0.6 is 0 Å². The summed E-state index contributed by atoms with van der Waals surface area (Å²) < 4.78 is 5.16. The van der Waals surface area contributed by atoms with Crippen LogP contribution in [0.5, 0.6) is 0 Å². The minimum Gasteiger partial charge on any atom is -0.460 e. The van der Waals surface area contributed by atoms with E-state index < -0.39 is 40.6 Å². The minimum atomic E-state index is -1.51. The van der Waals surface area contributed by atoms with Crippen LogP contribution in [0.1, 0.15) is 52.9 Å². The molecule has 4 amide bonds. The fourth-order valence-corrected chi connectivity index (χ4v) is 7.54. The number of carbonyl (C=O) groups is 3. The lowest BCUT2D eigenvalue weighted by molar-refractivity contribution is -0.146. The van der Waals surface area contributed by atoms with Crippen molar-refractivity contribution in [1.82, 2.24) is 10.9 Å². The maximum absolute atomic E-state index is 12.1. The zero-order valence-electron chi connectivity index (χ0n) is 21.4.